The number of rotatable bonds is 7. The molecule has 2 unspecified atom stereocenters. The molecule has 2 bridgehead atoms. The molecule has 1 aromatic rings. The molecule has 2 aliphatic heterocycles. The van der Waals surface area contributed by atoms with Gasteiger partial charge >= 0.3 is 0 Å². The predicted octanol–water partition coefficient (Wildman–Crippen LogP) is 2.66. The minimum absolute atomic E-state index is 0.199. The zero-order valence-corrected chi connectivity index (χ0v) is 14.0. The fraction of sp³-hybridized carbons (Fsp3) is 0.632. The molecule has 4 nitrogen and oxygen atoms in total. The fourth-order valence-corrected chi connectivity index (χ4v) is 4.02. The molecular weight excluding hydrogens is 288 g/mol. The van der Waals surface area contributed by atoms with Gasteiger partial charge in [-0.3, -0.25) is 4.79 Å². The zero-order chi connectivity index (χ0) is 16.1. The monoisotopic (exact) mass is 316 g/mol. The van der Waals surface area contributed by atoms with Gasteiger partial charge in [0.15, 0.2) is 0 Å². The average Bonchev–Trinajstić information content (AvgIpc) is 2.88. The first-order valence-electron chi connectivity index (χ1n) is 8.98. The Bertz CT molecular complexity index is 520. The second-order valence-corrected chi connectivity index (χ2v) is 6.82. The van der Waals surface area contributed by atoms with Gasteiger partial charge in [-0.25, -0.2) is 0 Å². The van der Waals surface area contributed by atoms with Gasteiger partial charge in [0.05, 0.1) is 6.61 Å². The van der Waals surface area contributed by atoms with Gasteiger partial charge in [0.2, 0.25) is 5.91 Å². The standard InChI is InChI=1S/C19H28N2O2/c1-2-23-18-6-4-3-5-15(18)9-10-20-19(22)13-14-11-16-7-8-17(12-14)21-16/h3-6,14,16-17,21H,2,7-13H2,1H3,(H,20,22). The third-order valence-electron chi connectivity index (χ3n) is 5.03. The van der Waals surface area contributed by atoms with Gasteiger partial charge in [0, 0.05) is 25.0 Å². The summed E-state index contributed by atoms with van der Waals surface area (Å²) >= 11 is 0. The summed E-state index contributed by atoms with van der Waals surface area (Å²) in [5.41, 5.74) is 1.16. The van der Waals surface area contributed by atoms with Crippen LogP contribution in [0.25, 0.3) is 0 Å². The number of hydrogen-bond donors (Lipinski definition) is 2. The van der Waals surface area contributed by atoms with Crippen molar-refractivity contribution in [3.05, 3.63) is 29.8 Å². The average molecular weight is 316 g/mol. The van der Waals surface area contributed by atoms with Gasteiger partial charge in [-0.2, -0.15) is 0 Å². The molecule has 2 heterocycles. The molecule has 4 heteroatoms. The second-order valence-electron chi connectivity index (χ2n) is 6.82. The molecule has 2 N–H and O–H groups in total. The summed E-state index contributed by atoms with van der Waals surface area (Å²) in [4.78, 5) is 12.2. The van der Waals surface area contributed by atoms with Crippen LogP contribution in [0.5, 0.6) is 5.75 Å². The lowest BCUT2D eigenvalue weighted by Crippen LogP contribution is -2.39. The van der Waals surface area contributed by atoms with Crippen molar-refractivity contribution >= 4 is 5.91 Å². The van der Waals surface area contributed by atoms with E-state index in [2.05, 4.69) is 16.7 Å². The van der Waals surface area contributed by atoms with Crippen LogP contribution in [0.1, 0.15) is 44.6 Å². The molecule has 3 rings (SSSR count). The summed E-state index contributed by atoms with van der Waals surface area (Å²) in [6.07, 6.45) is 6.41. The number of nitrogens with one attached hydrogen (secondary N) is 2. The largest absolute Gasteiger partial charge is 0.494 e. The molecule has 2 saturated heterocycles. The summed E-state index contributed by atoms with van der Waals surface area (Å²) in [6.45, 7) is 3.34. The molecule has 0 spiro atoms. The minimum Gasteiger partial charge on any atom is -0.494 e. The van der Waals surface area contributed by atoms with Crippen LogP contribution in [0.3, 0.4) is 0 Å². The van der Waals surface area contributed by atoms with Crippen LogP contribution in [-0.2, 0) is 11.2 Å². The Labute approximate surface area is 139 Å². The van der Waals surface area contributed by atoms with Crippen LogP contribution in [-0.4, -0.2) is 31.1 Å². The third-order valence-corrected chi connectivity index (χ3v) is 5.03. The van der Waals surface area contributed by atoms with Crippen molar-refractivity contribution in [3.8, 4) is 5.75 Å². The van der Waals surface area contributed by atoms with Gasteiger partial charge in [-0.05, 0) is 56.6 Å². The van der Waals surface area contributed by atoms with E-state index in [1.807, 2.05) is 25.1 Å². The van der Waals surface area contributed by atoms with Crippen molar-refractivity contribution < 1.29 is 9.53 Å². The fourth-order valence-electron chi connectivity index (χ4n) is 4.02. The number of piperidine rings is 1. The summed E-state index contributed by atoms with van der Waals surface area (Å²) in [5, 5.41) is 6.71. The number of carbonyl (C=O) groups is 1. The topological polar surface area (TPSA) is 50.4 Å². The first-order valence-corrected chi connectivity index (χ1v) is 8.98. The number of amides is 1. The van der Waals surface area contributed by atoms with Gasteiger partial charge < -0.3 is 15.4 Å². The van der Waals surface area contributed by atoms with E-state index in [0.29, 0.717) is 37.6 Å². The molecular formula is C19H28N2O2. The maximum Gasteiger partial charge on any atom is 0.220 e. The Hall–Kier alpha value is -1.55. The Morgan fingerprint density at radius 2 is 2.00 bits per heavy atom. The number of fused-ring (bicyclic) bond motifs is 2. The summed E-state index contributed by atoms with van der Waals surface area (Å²) in [7, 11) is 0. The molecule has 2 atom stereocenters. The molecule has 0 saturated carbocycles. The Kier molecular flexibility index (Phi) is 5.55. The van der Waals surface area contributed by atoms with Gasteiger partial charge in [-0.1, -0.05) is 18.2 Å². The lowest BCUT2D eigenvalue weighted by molar-refractivity contribution is -0.122. The SMILES string of the molecule is CCOc1ccccc1CCNC(=O)CC1CC2CCC(C1)N2. The van der Waals surface area contributed by atoms with E-state index in [9.17, 15) is 4.79 Å². The van der Waals surface area contributed by atoms with Crippen molar-refractivity contribution in [2.24, 2.45) is 5.92 Å². The molecule has 126 valence electrons. The molecule has 2 fully saturated rings. The molecule has 2 aliphatic rings. The van der Waals surface area contributed by atoms with Crippen molar-refractivity contribution in [3.63, 3.8) is 0 Å². The number of para-hydroxylation sites is 1. The van der Waals surface area contributed by atoms with Crippen molar-refractivity contribution in [1.82, 2.24) is 10.6 Å². The molecule has 0 aliphatic carbocycles. The highest BCUT2D eigenvalue weighted by Gasteiger charge is 2.34. The summed E-state index contributed by atoms with van der Waals surface area (Å²) in [6, 6.07) is 9.38. The predicted molar refractivity (Wildman–Crippen MR) is 91.6 cm³/mol. The van der Waals surface area contributed by atoms with Crippen LogP contribution in [0.15, 0.2) is 24.3 Å². The van der Waals surface area contributed by atoms with Crippen molar-refractivity contribution in [2.75, 3.05) is 13.2 Å². The maximum absolute atomic E-state index is 12.2. The zero-order valence-electron chi connectivity index (χ0n) is 14.0. The van der Waals surface area contributed by atoms with Crippen molar-refractivity contribution in [2.45, 2.75) is 57.5 Å². The van der Waals surface area contributed by atoms with E-state index in [0.717, 1.165) is 30.6 Å². The van der Waals surface area contributed by atoms with E-state index >= 15 is 0 Å². The van der Waals surface area contributed by atoms with E-state index < -0.39 is 0 Å². The van der Waals surface area contributed by atoms with E-state index in [1.165, 1.54) is 12.8 Å². The number of ether oxygens (including phenoxy) is 1. The van der Waals surface area contributed by atoms with Gasteiger partial charge in [0.1, 0.15) is 5.75 Å². The Morgan fingerprint density at radius 3 is 2.74 bits per heavy atom. The number of benzene rings is 1. The molecule has 0 radical (unpaired) electrons. The highest BCUT2D eigenvalue weighted by atomic mass is 16.5. The molecule has 1 amide bonds. The maximum atomic E-state index is 12.2. The third kappa shape index (κ3) is 4.47. The normalized spacial score (nSPS) is 26.0. The Morgan fingerprint density at radius 1 is 1.26 bits per heavy atom. The number of hydrogen-bond acceptors (Lipinski definition) is 3. The smallest absolute Gasteiger partial charge is 0.220 e. The minimum atomic E-state index is 0.199. The summed E-state index contributed by atoms with van der Waals surface area (Å²) in [5.74, 6) is 1.69. The highest BCUT2D eigenvalue weighted by Crippen LogP contribution is 2.32. The lowest BCUT2D eigenvalue weighted by Gasteiger charge is -2.28. The van der Waals surface area contributed by atoms with Crippen LogP contribution >= 0.6 is 0 Å². The highest BCUT2D eigenvalue weighted by molar-refractivity contribution is 5.76. The van der Waals surface area contributed by atoms with Crippen molar-refractivity contribution in [1.29, 1.82) is 0 Å². The van der Waals surface area contributed by atoms with E-state index in [-0.39, 0.29) is 5.91 Å². The first kappa shape index (κ1) is 16.3. The quantitative estimate of drug-likeness (QED) is 0.813. The molecule has 23 heavy (non-hydrogen) atoms. The van der Waals surface area contributed by atoms with E-state index in [1.54, 1.807) is 0 Å². The number of carbonyl (C=O) groups excluding carboxylic acids is 1. The van der Waals surface area contributed by atoms with Gasteiger partial charge in [-0.15, -0.1) is 0 Å². The second kappa shape index (κ2) is 7.82. The van der Waals surface area contributed by atoms with E-state index in [4.69, 9.17) is 4.74 Å². The van der Waals surface area contributed by atoms with Gasteiger partial charge in [0.25, 0.3) is 0 Å². The molecule has 1 aromatic carbocycles. The summed E-state index contributed by atoms with van der Waals surface area (Å²) < 4.78 is 5.63. The van der Waals surface area contributed by atoms with Crippen LogP contribution in [0.4, 0.5) is 0 Å². The lowest BCUT2D eigenvalue weighted by atomic mass is 9.89. The van der Waals surface area contributed by atoms with Crippen LogP contribution < -0.4 is 15.4 Å². The Balaban J connectivity index is 1.41. The van der Waals surface area contributed by atoms with Crippen LogP contribution in [0, 0.1) is 5.92 Å². The molecule has 0 aromatic heterocycles. The first-order chi connectivity index (χ1) is 11.2. The van der Waals surface area contributed by atoms with Crippen LogP contribution in [0.2, 0.25) is 0 Å².